The van der Waals surface area contributed by atoms with Crippen LogP contribution in [-0.4, -0.2) is 16.6 Å². The quantitative estimate of drug-likeness (QED) is 0.618. The van der Waals surface area contributed by atoms with Gasteiger partial charge in [-0.1, -0.05) is 11.8 Å². The highest BCUT2D eigenvalue weighted by Crippen LogP contribution is 2.25. The van der Waals surface area contributed by atoms with Gasteiger partial charge in [0.1, 0.15) is 5.52 Å². The topological polar surface area (TPSA) is 95.1 Å². The Morgan fingerprint density at radius 1 is 1.50 bits per heavy atom. The maximum atomic E-state index is 10.5. The third-order valence-electron chi connectivity index (χ3n) is 1.97. The molecule has 0 atom stereocenters. The minimum Gasteiger partial charge on any atom is -0.431 e. The second-order valence-corrected chi connectivity index (χ2v) is 4.32. The molecule has 0 spiro atoms. The van der Waals surface area contributed by atoms with E-state index in [1.165, 1.54) is 11.8 Å². The molecule has 0 fully saturated rings. The number of amides is 1. The number of thioether (sulfide) groups is 1. The average molecular weight is 237 g/mol. The lowest BCUT2D eigenvalue weighted by Crippen LogP contribution is -2.10. The van der Waals surface area contributed by atoms with Crippen LogP contribution in [0.25, 0.3) is 11.1 Å². The van der Waals surface area contributed by atoms with E-state index < -0.39 is 0 Å². The molecule has 2 aromatic rings. The van der Waals surface area contributed by atoms with E-state index in [2.05, 4.69) is 4.98 Å². The van der Waals surface area contributed by atoms with Crippen molar-refractivity contribution in [3.63, 3.8) is 0 Å². The number of primary amides is 1. The minimum atomic E-state index is -0.326. The van der Waals surface area contributed by atoms with E-state index in [9.17, 15) is 4.79 Å². The van der Waals surface area contributed by atoms with Crippen molar-refractivity contribution in [2.24, 2.45) is 5.73 Å². The summed E-state index contributed by atoms with van der Waals surface area (Å²) in [5.74, 6) is 0.241. The molecule has 16 heavy (non-hydrogen) atoms. The maximum absolute atomic E-state index is 10.5. The predicted octanol–water partition coefficient (Wildman–Crippen LogP) is 1.38. The lowest BCUT2D eigenvalue weighted by Gasteiger charge is -1.92. The van der Waals surface area contributed by atoms with E-state index in [0.29, 0.717) is 28.7 Å². The fraction of sp³-hybridized carbons (Fsp3) is 0.200. The van der Waals surface area contributed by atoms with Gasteiger partial charge in [-0.15, -0.1) is 0 Å². The number of oxazole rings is 1. The average Bonchev–Trinajstić information content (AvgIpc) is 2.58. The first-order valence-corrected chi connectivity index (χ1v) is 5.71. The van der Waals surface area contributed by atoms with E-state index in [1.54, 1.807) is 18.2 Å². The molecule has 4 N–H and O–H groups in total. The third kappa shape index (κ3) is 2.46. The van der Waals surface area contributed by atoms with E-state index in [4.69, 9.17) is 15.9 Å². The van der Waals surface area contributed by atoms with Crippen molar-refractivity contribution in [2.45, 2.75) is 11.6 Å². The minimum absolute atomic E-state index is 0.311. The number of nitrogen functional groups attached to an aromatic ring is 1. The number of hydrogen-bond donors (Lipinski definition) is 2. The van der Waals surface area contributed by atoms with Crippen molar-refractivity contribution in [3.05, 3.63) is 18.2 Å². The van der Waals surface area contributed by atoms with Crippen LogP contribution in [0.5, 0.6) is 0 Å². The molecule has 1 aromatic heterocycles. The molecule has 0 bridgehead atoms. The van der Waals surface area contributed by atoms with Crippen molar-refractivity contribution >= 4 is 34.5 Å². The first-order valence-electron chi connectivity index (χ1n) is 4.72. The summed E-state index contributed by atoms with van der Waals surface area (Å²) in [6, 6.07) is 5.29. The van der Waals surface area contributed by atoms with Gasteiger partial charge in [0.05, 0.1) is 0 Å². The van der Waals surface area contributed by atoms with Crippen LogP contribution in [0.4, 0.5) is 5.69 Å². The smallest absolute Gasteiger partial charge is 0.256 e. The number of rotatable bonds is 4. The van der Waals surface area contributed by atoms with Crippen molar-refractivity contribution in [1.82, 2.24) is 4.98 Å². The van der Waals surface area contributed by atoms with Crippen LogP contribution in [0.15, 0.2) is 27.8 Å². The molecule has 1 aromatic carbocycles. The summed E-state index contributed by atoms with van der Waals surface area (Å²) in [4.78, 5) is 14.8. The van der Waals surface area contributed by atoms with Crippen LogP contribution in [0.2, 0.25) is 0 Å². The highest BCUT2D eigenvalue weighted by molar-refractivity contribution is 7.99. The number of nitrogens with zero attached hydrogens (tertiary/aromatic N) is 1. The Labute approximate surface area is 96.2 Å². The van der Waals surface area contributed by atoms with Gasteiger partial charge in [-0.05, 0) is 12.1 Å². The van der Waals surface area contributed by atoms with Gasteiger partial charge >= 0.3 is 0 Å². The van der Waals surface area contributed by atoms with Gasteiger partial charge in [-0.25, -0.2) is 4.98 Å². The molecule has 0 saturated heterocycles. The van der Waals surface area contributed by atoms with Crippen LogP contribution in [0.1, 0.15) is 6.42 Å². The highest BCUT2D eigenvalue weighted by Gasteiger charge is 2.06. The molecule has 0 saturated carbocycles. The number of nitrogens with two attached hydrogens (primary N) is 2. The first-order chi connectivity index (χ1) is 7.65. The zero-order valence-corrected chi connectivity index (χ0v) is 9.29. The van der Waals surface area contributed by atoms with Gasteiger partial charge in [-0.2, -0.15) is 0 Å². The maximum Gasteiger partial charge on any atom is 0.256 e. The van der Waals surface area contributed by atoms with Gasteiger partial charge in [0.2, 0.25) is 5.91 Å². The fourth-order valence-electron chi connectivity index (χ4n) is 1.22. The molecule has 1 heterocycles. The summed E-state index contributed by atoms with van der Waals surface area (Å²) in [7, 11) is 0. The van der Waals surface area contributed by atoms with E-state index >= 15 is 0 Å². The summed E-state index contributed by atoms with van der Waals surface area (Å²) in [6.45, 7) is 0. The van der Waals surface area contributed by atoms with Crippen LogP contribution >= 0.6 is 11.8 Å². The van der Waals surface area contributed by atoms with Gasteiger partial charge in [-0.3, -0.25) is 4.79 Å². The van der Waals surface area contributed by atoms with Crippen molar-refractivity contribution in [2.75, 3.05) is 11.5 Å². The van der Waals surface area contributed by atoms with Gasteiger partial charge in [0.15, 0.2) is 5.58 Å². The molecule has 5 nitrogen and oxygen atoms in total. The molecular formula is C10H11N3O2S. The number of aromatic nitrogens is 1. The Morgan fingerprint density at radius 3 is 3.06 bits per heavy atom. The summed E-state index contributed by atoms with van der Waals surface area (Å²) in [5, 5.41) is 0.529. The van der Waals surface area contributed by atoms with Crippen LogP contribution < -0.4 is 11.5 Å². The summed E-state index contributed by atoms with van der Waals surface area (Å²) in [6.07, 6.45) is 0.311. The van der Waals surface area contributed by atoms with Crippen LogP contribution in [-0.2, 0) is 4.79 Å². The zero-order valence-electron chi connectivity index (χ0n) is 8.47. The number of carbonyl (C=O) groups excluding carboxylic acids is 1. The Balaban J connectivity index is 2.10. The number of benzene rings is 1. The molecule has 0 unspecified atom stereocenters. The van der Waals surface area contributed by atoms with Gasteiger partial charge < -0.3 is 15.9 Å². The lowest BCUT2D eigenvalue weighted by atomic mass is 10.3. The Bertz CT molecular complexity index is 524. The standard InChI is InChI=1S/C10H11N3O2S/c11-6-1-2-7-8(5-6)15-10(13-7)16-4-3-9(12)14/h1-2,5H,3-4,11H2,(H2,12,14). The van der Waals surface area contributed by atoms with E-state index in [1.807, 2.05) is 0 Å². The fourth-order valence-corrected chi connectivity index (χ4v) is 2.01. The molecule has 2 rings (SSSR count). The van der Waals surface area contributed by atoms with Gasteiger partial charge in [0, 0.05) is 23.9 Å². The third-order valence-corrected chi connectivity index (χ3v) is 2.80. The molecule has 0 aliphatic carbocycles. The Kier molecular flexibility index (Phi) is 3.00. The summed E-state index contributed by atoms with van der Waals surface area (Å²) < 4.78 is 5.45. The van der Waals surface area contributed by atoms with Crippen LogP contribution in [0.3, 0.4) is 0 Å². The molecule has 0 aliphatic rings. The molecule has 0 radical (unpaired) electrons. The number of carbonyl (C=O) groups is 1. The Hall–Kier alpha value is -1.69. The van der Waals surface area contributed by atoms with Crippen LogP contribution in [0, 0.1) is 0 Å². The van der Waals surface area contributed by atoms with E-state index in [-0.39, 0.29) is 5.91 Å². The lowest BCUT2D eigenvalue weighted by molar-refractivity contribution is -0.117. The Morgan fingerprint density at radius 2 is 2.31 bits per heavy atom. The summed E-state index contributed by atoms with van der Waals surface area (Å²) >= 11 is 1.36. The zero-order chi connectivity index (χ0) is 11.5. The number of fused-ring (bicyclic) bond motifs is 1. The molecule has 0 aliphatic heterocycles. The largest absolute Gasteiger partial charge is 0.431 e. The second-order valence-electron chi connectivity index (χ2n) is 3.27. The molecule has 6 heteroatoms. The summed E-state index contributed by atoms with van der Waals surface area (Å²) in [5.41, 5.74) is 12.7. The predicted molar refractivity (Wildman–Crippen MR) is 63.0 cm³/mol. The highest BCUT2D eigenvalue weighted by atomic mass is 32.2. The van der Waals surface area contributed by atoms with Gasteiger partial charge in [0.25, 0.3) is 5.22 Å². The van der Waals surface area contributed by atoms with Crippen molar-refractivity contribution in [1.29, 1.82) is 0 Å². The molecule has 84 valence electrons. The first kappa shape index (κ1) is 10.8. The van der Waals surface area contributed by atoms with E-state index in [0.717, 1.165) is 5.52 Å². The number of hydrogen-bond acceptors (Lipinski definition) is 5. The second kappa shape index (κ2) is 4.44. The SMILES string of the molecule is NC(=O)CCSc1nc2ccc(N)cc2o1. The monoisotopic (exact) mass is 237 g/mol. The molecular weight excluding hydrogens is 226 g/mol. The van der Waals surface area contributed by atoms with Crippen molar-refractivity contribution in [3.8, 4) is 0 Å². The normalized spacial score (nSPS) is 10.8. The number of anilines is 1. The van der Waals surface area contributed by atoms with Crippen molar-refractivity contribution < 1.29 is 9.21 Å². The molecule has 1 amide bonds.